The Balaban J connectivity index is 2.16. The summed E-state index contributed by atoms with van der Waals surface area (Å²) in [5.41, 5.74) is 0.891. The molecule has 2 unspecified atom stereocenters. The van der Waals surface area contributed by atoms with Gasteiger partial charge in [0.25, 0.3) is 0 Å². The molecule has 0 radical (unpaired) electrons. The molecule has 0 bridgehead atoms. The molecule has 2 N–H and O–H groups in total. The monoisotopic (exact) mass is 318 g/mol. The van der Waals surface area contributed by atoms with E-state index in [1.165, 1.54) is 6.33 Å². The summed E-state index contributed by atoms with van der Waals surface area (Å²) in [6.07, 6.45) is 1.48. The predicted octanol–water partition coefficient (Wildman–Crippen LogP) is 4.18. The third-order valence-corrected chi connectivity index (χ3v) is 4.18. The Hall–Kier alpha value is -0.810. The van der Waals surface area contributed by atoms with Crippen LogP contribution in [0.2, 0.25) is 15.1 Å². The molecule has 0 spiro atoms. The van der Waals surface area contributed by atoms with Crippen molar-refractivity contribution in [1.82, 2.24) is 20.5 Å². The highest BCUT2D eigenvalue weighted by molar-refractivity contribution is 6.48. The van der Waals surface area contributed by atoms with Crippen LogP contribution in [0.3, 0.4) is 0 Å². The SMILES string of the molecule is CC(NC(C)c1ccc(Cl)c(Cl)c1Cl)c1ncn[nH]1. The van der Waals surface area contributed by atoms with Gasteiger partial charge < -0.3 is 5.32 Å². The first-order chi connectivity index (χ1) is 9.00. The lowest BCUT2D eigenvalue weighted by Gasteiger charge is -2.20. The van der Waals surface area contributed by atoms with Crippen LogP contribution in [-0.2, 0) is 0 Å². The zero-order valence-corrected chi connectivity index (χ0v) is 12.7. The van der Waals surface area contributed by atoms with Crippen LogP contribution in [0.4, 0.5) is 0 Å². The van der Waals surface area contributed by atoms with Crippen molar-refractivity contribution < 1.29 is 0 Å². The molecule has 1 heterocycles. The minimum absolute atomic E-state index is 0.00219. The van der Waals surface area contributed by atoms with Gasteiger partial charge in [0.1, 0.15) is 12.2 Å². The number of H-pyrrole nitrogens is 1. The molecule has 0 aliphatic heterocycles. The number of nitrogens with one attached hydrogen (secondary N) is 2. The van der Waals surface area contributed by atoms with E-state index < -0.39 is 0 Å². The van der Waals surface area contributed by atoms with Gasteiger partial charge in [-0.05, 0) is 25.5 Å². The summed E-state index contributed by atoms with van der Waals surface area (Å²) >= 11 is 18.2. The second-order valence-electron chi connectivity index (χ2n) is 4.25. The second-order valence-corrected chi connectivity index (χ2v) is 5.41. The number of hydrogen-bond acceptors (Lipinski definition) is 3. The van der Waals surface area contributed by atoms with Crippen LogP contribution in [0.25, 0.3) is 0 Å². The average Bonchev–Trinajstić information content (AvgIpc) is 2.89. The van der Waals surface area contributed by atoms with Crippen LogP contribution >= 0.6 is 34.8 Å². The van der Waals surface area contributed by atoms with Crippen LogP contribution in [-0.4, -0.2) is 15.2 Å². The smallest absolute Gasteiger partial charge is 0.141 e. The van der Waals surface area contributed by atoms with Crippen molar-refractivity contribution in [3.8, 4) is 0 Å². The molecule has 7 heteroatoms. The lowest BCUT2D eigenvalue weighted by molar-refractivity contribution is 0.478. The normalized spacial score (nSPS) is 14.4. The summed E-state index contributed by atoms with van der Waals surface area (Å²) in [7, 11) is 0. The minimum Gasteiger partial charge on any atom is -0.301 e. The van der Waals surface area contributed by atoms with E-state index in [0.29, 0.717) is 15.1 Å². The van der Waals surface area contributed by atoms with Crippen LogP contribution in [0.5, 0.6) is 0 Å². The van der Waals surface area contributed by atoms with Gasteiger partial charge in [0.15, 0.2) is 0 Å². The Morgan fingerprint density at radius 3 is 2.47 bits per heavy atom. The fraction of sp³-hybridized carbons (Fsp3) is 0.333. The topological polar surface area (TPSA) is 53.6 Å². The molecule has 0 saturated heterocycles. The number of halogens is 3. The van der Waals surface area contributed by atoms with E-state index in [1.807, 2.05) is 19.9 Å². The zero-order valence-electron chi connectivity index (χ0n) is 10.4. The summed E-state index contributed by atoms with van der Waals surface area (Å²) in [6, 6.07) is 3.62. The van der Waals surface area contributed by atoms with Gasteiger partial charge in [0.05, 0.1) is 21.1 Å². The number of rotatable bonds is 4. The zero-order chi connectivity index (χ0) is 14.0. The van der Waals surface area contributed by atoms with Gasteiger partial charge in [-0.25, -0.2) is 4.98 Å². The first kappa shape index (κ1) is 14.6. The first-order valence-electron chi connectivity index (χ1n) is 5.75. The minimum atomic E-state index is 0.00219. The molecule has 0 saturated carbocycles. The highest BCUT2D eigenvalue weighted by Gasteiger charge is 2.17. The fourth-order valence-corrected chi connectivity index (χ4v) is 2.55. The van der Waals surface area contributed by atoms with E-state index in [-0.39, 0.29) is 12.1 Å². The van der Waals surface area contributed by atoms with E-state index in [9.17, 15) is 0 Å². The lowest BCUT2D eigenvalue weighted by Crippen LogP contribution is -2.23. The Kier molecular flexibility index (Phi) is 4.68. The van der Waals surface area contributed by atoms with E-state index >= 15 is 0 Å². The Morgan fingerprint density at radius 1 is 1.11 bits per heavy atom. The molecule has 19 heavy (non-hydrogen) atoms. The third kappa shape index (κ3) is 3.20. The van der Waals surface area contributed by atoms with Gasteiger partial charge in [-0.2, -0.15) is 5.10 Å². The summed E-state index contributed by atoms with van der Waals surface area (Å²) < 4.78 is 0. The summed E-state index contributed by atoms with van der Waals surface area (Å²) in [4.78, 5) is 4.11. The maximum atomic E-state index is 6.21. The van der Waals surface area contributed by atoms with E-state index in [2.05, 4.69) is 20.5 Å². The molecule has 1 aromatic carbocycles. The Bertz CT molecular complexity index is 556. The quantitative estimate of drug-likeness (QED) is 0.831. The van der Waals surface area contributed by atoms with Gasteiger partial charge in [-0.3, -0.25) is 5.10 Å². The van der Waals surface area contributed by atoms with Gasteiger partial charge in [0.2, 0.25) is 0 Å². The summed E-state index contributed by atoms with van der Waals surface area (Å²) in [5.74, 6) is 0.767. The highest BCUT2D eigenvalue weighted by atomic mass is 35.5. The predicted molar refractivity (Wildman–Crippen MR) is 77.8 cm³/mol. The summed E-state index contributed by atoms with van der Waals surface area (Å²) in [6.45, 7) is 3.99. The molecule has 2 rings (SSSR count). The number of benzene rings is 1. The largest absolute Gasteiger partial charge is 0.301 e. The van der Waals surface area contributed by atoms with Gasteiger partial charge in [-0.15, -0.1) is 0 Å². The molecule has 0 aliphatic carbocycles. The van der Waals surface area contributed by atoms with Crippen molar-refractivity contribution in [1.29, 1.82) is 0 Å². The molecule has 0 amide bonds. The number of aromatic nitrogens is 3. The second kappa shape index (κ2) is 6.09. The van der Waals surface area contributed by atoms with Crippen molar-refractivity contribution in [3.63, 3.8) is 0 Å². The maximum absolute atomic E-state index is 6.21. The van der Waals surface area contributed by atoms with E-state index in [1.54, 1.807) is 6.07 Å². The van der Waals surface area contributed by atoms with Gasteiger partial charge >= 0.3 is 0 Å². The molecule has 4 nitrogen and oxygen atoms in total. The van der Waals surface area contributed by atoms with Crippen molar-refractivity contribution in [2.24, 2.45) is 0 Å². The Morgan fingerprint density at radius 2 is 1.84 bits per heavy atom. The Labute approximate surface area is 126 Å². The van der Waals surface area contributed by atoms with Crippen molar-refractivity contribution in [2.45, 2.75) is 25.9 Å². The van der Waals surface area contributed by atoms with E-state index in [4.69, 9.17) is 34.8 Å². The number of aromatic amines is 1. The number of nitrogens with zero attached hydrogens (tertiary/aromatic N) is 2. The van der Waals surface area contributed by atoms with Crippen LogP contribution in [0, 0.1) is 0 Å². The van der Waals surface area contributed by atoms with Crippen LogP contribution < -0.4 is 5.32 Å². The average molecular weight is 320 g/mol. The molecule has 2 atom stereocenters. The first-order valence-corrected chi connectivity index (χ1v) is 6.88. The molecule has 102 valence electrons. The molecular formula is C12H13Cl3N4. The van der Waals surface area contributed by atoms with Crippen molar-refractivity contribution >= 4 is 34.8 Å². The molecule has 0 fully saturated rings. The fourth-order valence-electron chi connectivity index (χ4n) is 1.84. The molecular weight excluding hydrogens is 307 g/mol. The molecule has 1 aromatic heterocycles. The lowest BCUT2D eigenvalue weighted by atomic mass is 10.1. The van der Waals surface area contributed by atoms with Crippen molar-refractivity contribution in [3.05, 3.63) is 44.9 Å². The van der Waals surface area contributed by atoms with Crippen LogP contribution in [0.15, 0.2) is 18.5 Å². The number of hydrogen-bond donors (Lipinski definition) is 2. The van der Waals surface area contributed by atoms with Gasteiger partial charge in [-0.1, -0.05) is 40.9 Å². The maximum Gasteiger partial charge on any atom is 0.141 e. The third-order valence-electron chi connectivity index (χ3n) is 2.88. The van der Waals surface area contributed by atoms with Crippen LogP contribution in [0.1, 0.15) is 37.3 Å². The van der Waals surface area contributed by atoms with E-state index in [0.717, 1.165) is 11.4 Å². The summed E-state index contributed by atoms with van der Waals surface area (Å²) in [5, 5.41) is 11.3. The molecule has 2 aromatic rings. The van der Waals surface area contributed by atoms with Crippen molar-refractivity contribution in [2.75, 3.05) is 0 Å². The highest BCUT2D eigenvalue weighted by Crippen LogP contribution is 2.35. The molecule has 0 aliphatic rings. The van der Waals surface area contributed by atoms with Gasteiger partial charge in [0, 0.05) is 6.04 Å². The standard InChI is InChI=1S/C12H13Cl3N4/c1-6(18-7(2)12-16-5-17-19-12)8-3-4-9(13)11(15)10(8)14/h3-7,18H,1-2H3,(H,16,17,19).